The van der Waals surface area contributed by atoms with Crippen LogP contribution in [0.4, 0.5) is 4.79 Å². The van der Waals surface area contributed by atoms with Crippen LogP contribution in [-0.2, 0) is 4.79 Å². The van der Waals surface area contributed by atoms with Gasteiger partial charge in [-0.25, -0.2) is 9.59 Å². The standard InChI is InChI=1S/C12H22N2O4/c1-3-12(4-2)5-6-14(8-12)11(18)13-9(7-15)10(16)17/h9,15H,3-8H2,1-2H3,(H,13,18)(H,16,17)/t9-/m0/s1. The quantitative estimate of drug-likeness (QED) is 0.675. The molecule has 1 aliphatic rings. The molecule has 1 rings (SSSR count). The fourth-order valence-corrected chi connectivity index (χ4v) is 2.36. The van der Waals surface area contributed by atoms with Crippen molar-refractivity contribution in [3.05, 3.63) is 0 Å². The fourth-order valence-electron chi connectivity index (χ4n) is 2.36. The van der Waals surface area contributed by atoms with Crippen LogP contribution in [0.2, 0.25) is 0 Å². The van der Waals surface area contributed by atoms with Gasteiger partial charge in [0.2, 0.25) is 0 Å². The lowest BCUT2D eigenvalue weighted by molar-refractivity contribution is -0.140. The minimum absolute atomic E-state index is 0.162. The Morgan fingerprint density at radius 3 is 2.39 bits per heavy atom. The smallest absolute Gasteiger partial charge is 0.328 e. The van der Waals surface area contributed by atoms with Crippen LogP contribution in [0.3, 0.4) is 0 Å². The number of amides is 2. The van der Waals surface area contributed by atoms with E-state index in [1.165, 1.54) is 0 Å². The van der Waals surface area contributed by atoms with Crippen LogP contribution in [0.5, 0.6) is 0 Å². The van der Waals surface area contributed by atoms with Gasteiger partial charge in [0, 0.05) is 13.1 Å². The minimum atomic E-state index is -1.23. The van der Waals surface area contributed by atoms with Gasteiger partial charge in [-0.2, -0.15) is 0 Å². The number of carboxylic acid groups (broad SMARTS) is 1. The molecule has 6 nitrogen and oxygen atoms in total. The Kier molecular flexibility index (Phi) is 4.95. The van der Waals surface area contributed by atoms with Crippen molar-refractivity contribution >= 4 is 12.0 Å². The van der Waals surface area contributed by atoms with E-state index in [0.717, 1.165) is 19.3 Å². The van der Waals surface area contributed by atoms with Crippen molar-refractivity contribution in [2.24, 2.45) is 5.41 Å². The number of hydrogen-bond acceptors (Lipinski definition) is 3. The summed E-state index contributed by atoms with van der Waals surface area (Å²) in [6, 6.07) is -1.63. The summed E-state index contributed by atoms with van der Waals surface area (Å²) in [7, 11) is 0. The van der Waals surface area contributed by atoms with Crippen LogP contribution >= 0.6 is 0 Å². The zero-order valence-electron chi connectivity index (χ0n) is 11.0. The van der Waals surface area contributed by atoms with Crippen molar-refractivity contribution in [3.63, 3.8) is 0 Å². The van der Waals surface area contributed by atoms with Gasteiger partial charge in [0.15, 0.2) is 6.04 Å². The lowest BCUT2D eigenvalue weighted by Gasteiger charge is -2.26. The maximum Gasteiger partial charge on any atom is 0.328 e. The molecule has 1 fully saturated rings. The molecule has 1 heterocycles. The Bertz CT molecular complexity index is 315. The molecule has 1 aliphatic heterocycles. The van der Waals surface area contributed by atoms with Crippen molar-refractivity contribution in [1.29, 1.82) is 0 Å². The molecule has 0 aliphatic carbocycles. The summed E-state index contributed by atoms with van der Waals surface area (Å²) >= 11 is 0. The molecule has 18 heavy (non-hydrogen) atoms. The van der Waals surface area contributed by atoms with Gasteiger partial charge in [-0.15, -0.1) is 0 Å². The van der Waals surface area contributed by atoms with Gasteiger partial charge < -0.3 is 20.4 Å². The number of nitrogens with zero attached hydrogens (tertiary/aromatic N) is 1. The van der Waals surface area contributed by atoms with Gasteiger partial charge in [-0.05, 0) is 24.7 Å². The summed E-state index contributed by atoms with van der Waals surface area (Å²) in [5.41, 5.74) is 0.162. The van der Waals surface area contributed by atoms with E-state index in [1.807, 2.05) is 0 Å². The summed E-state index contributed by atoms with van der Waals surface area (Å²) in [5, 5.41) is 20.0. The zero-order valence-corrected chi connectivity index (χ0v) is 11.0. The first-order valence-electron chi connectivity index (χ1n) is 6.37. The second kappa shape index (κ2) is 6.04. The zero-order chi connectivity index (χ0) is 13.8. The number of carbonyl (C=O) groups is 2. The average Bonchev–Trinajstić information content (AvgIpc) is 2.80. The first-order valence-corrected chi connectivity index (χ1v) is 6.37. The molecule has 1 saturated heterocycles. The van der Waals surface area contributed by atoms with E-state index >= 15 is 0 Å². The monoisotopic (exact) mass is 258 g/mol. The Labute approximate surface area is 107 Å². The molecule has 0 aromatic heterocycles. The number of nitrogens with one attached hydrogen (secondary N) is 1. The van der Waals surface area contributed by atoms with E-state index in [1.54, 1.807) is 4.90 Å². The van der Waals surface area contributed by atoms with Gasteiger partial charge in [0.05, 0.1) is 6.61 Å². The molecular weight excluding hydrogens is 236 g/mol. The van der Waals surface area contributed by atoms with Crippen molar-refractivity contribution in [1.82, 2.24) is 10.2 Å². The number of urea groups is 1. The number of aliphatic hydroxyl groups excluding tert-OH is 1. The first-order chi connectivity index (χ1) is 8.48. The molecule has 1 atom stereocenters. The summed E-state index contributed by atoms with van der Waals surface area (Å²) in [6.07, 6.45) is 2.97. The average molecular weight is 258 g/mol. The number of aliphatic hydroxyl groups is 1. The lowest BCUT2D eigenvalue weighted by Crippen LogP contribution is -2.49. The van der Waals surface area contributed by atoms with E-state index in [-0.39, 0.29) is 5.41 Å². The van der Waals surface area contributed by atoms with Gasteiger partial charge in [-0.1, -0.05) is 13.8 Å². The van der Waals surface area contributed by atoms with E-state index < -0.39 is 24.6 Å². The topological polar surface area (TPSA) is 89.9 Å². The maximum absolute atomic E-state index is 11.9. The van der Waals surface area contributed by atoms with E-state index in [4.69, 9.17) is 10.2 Å². The summed E-state index contributed by atoms with van der Waals surface area (Å²) < 4.78 is 0. The van der Waals surface area contributed by atoms with E-state index in [0.29, 0.717) is 13.1 Å². The van der Waals surface area contributed by atoms with Crippen molar-refractivity contribution in [2.45, 2.75) is 39.2 Å². The molecular formula is C12H22N2O4. The number of aliphatic carboxylic acids is 1. The molecule has 104 valence electrons. The van der Waals surface area contributed by atoms with Gasteiger partial charge in [0.25, 0.3) is 0 Å². The third-order valence-electron chi connectivity index (χ3n) is 4.00. The van der Waals surface area contributed by atoms with Crippen molar-refractivity contribution < 1.29 is 19.8 Å². The van der Waals surface area contributed by atoms with E-state index in [9.17, 15) is 9.59 Å². The fraction of sp³-hybridized carbons (Fsp3) is 0.833. The normalized spacial score (nSPS) is 19.6. The second-order valence-electron chi connectivity index (χ2n) is 4.90. The largest absolute Gasteiger partial charge is 0.480 e. The molecule has 0 radical (unpaired) electrons. The molecule has 0 saturated carbocycles. The Morgan fingerprint density at radius 2 is 2.00 bits per heavy atom. The molecule has 0 unspecified atom stereocenters. The maximum atomic E-state index is 11.9. The number of carbonyl (C=O) groups excluding carboxylic acids is 1. The predicted octanol–water partition coefficient (Wildman–Crippen LogP) is 0.654. The summed E-state index contributed by atoms with van der Waals surface area (Å²) in [4.78, 5) is 24.2. The SMILES string of the molecule is CCC1(CC)CCN(C(=O)N[C@@H](CO)C(=O)O)C1. The van der Waals surface area contributed by atoms with Crippen LogP contribution in [-0.4, -0.2) is 52.9 Å². The van der Waals surface area contributed by atoms with Crippen LogP contribution in [0.25, 0.3) is 0 Å². The molecule has 0 spiro atoms. The summed E-state index contributed by atoms with van der Waals surface area (Å²) in [6.45, 7) is 4.92. The molecule has 6 heteroatoms. The highest BCUT2D eigenvalue weighted by Crippen LogP contribution is 2.36. The number of rotatable bonds is 5. The molecule has 0 aromatic carbocycles. The van der Waals surface area contributed by atoms with E-state index in [2.05, 4.69) is 19.2 Å². The van der Waals surface area contributed by atoms with Crippen LogP contribution < -0.4 is 5.32 Å². The number of hydrogen-bond donors (Lipinski definition) is 3. The third kappa shape index (κ3) is 3.13. The second-order valence-corrected chi connectivity index (χ2v) is 4.90. The minimum Gasteiger partial charge on any atom is -0.480 e. The lowest BCUT2D eigenvalue weighted by atomic mass is 9.82. The Hall–Kier alpha value is -1.30. The van der Waals surface area contributed by atoms with Crippen molar-refractivity contribution in [2.75, 3.05) is 19.7 Å². The first kappa shape index (κ1) is 14.8. The molecule has 2 amide bonds. The highest BCUT2D eigenvalue weighted by Gasteiger charge is 2.37. The Morgan fingerprint density at radius 1 is 1.39 bits per heavy atom. The number of likely N-dealkylation sites (tertiary alicyclic amines) is 1. The highest BCUT2D eigenvalue weighted by atomic mass is 16.4. The predicted molar refractivity (Wildman–Crippen MR) is 66.2 cm³/mol. The van der Waals surface area contributed by atoms with Gasteiger partial charge >= 0.3 is 12.0 Å². The third-order valence-corrected chi connectivity index (χ3v) is 4.00. The van der Waals surface area contributed by atoms with Crippen LogP contribution in [0, 0.1) is 5.41 Å². The number of carboxylic acids is 1. The molecule has 0 aromatic rings. The van der Waals surface area contributed by atoms with Gasteiger partial charge in [-0.3, -0.25) is 0 Å². The van der Waals surface area contributed by atoms with Crippen LogP contribution in [0.15, 0.2) is 0 Å². The van der Waals surface area contributed by atoms with Crippen LogP contribution in [0.1, 0.15) is 33.1 Å². The highest BCUT2D eigenvalue weighted by molar-refractivity contribution is 5.82. The molecule has 3 N–H and O–H groups in total. The van der Waals surface area contributed by atoms with Crippen molar-refractivity contribution in [3.8, 4) is 0 Å². The Balaban J connectivity index is 2.57. The summed E-state index contributed by atoms with van der Waals surface area (Å²) in [5.74, 6) is -1.22. The van der Waals surface area contributed by atoms with Gasteiger partial charge in [0.1, 0.15) is 0 Å². The molecule has 0 bridgehead atoms.